The van der Waals surface area contributed by atoms with Crippen molar-refractivity contribution in [3.63, 3.8) is 0 Å². The van der Waals surface area contributed by atoms with Crippen LogP contribution in [0.25, 0.3) is 11.0 Å². The number of hydrogen-bond donors (Lipinski definition) is 4. The van der Waals surface area contributed by atoms with E-state index in [0.717, 1.165) is 36.2 Å². The summed E-state index contributed by atoms with van der Waals surface area (Å²) in [6.45, 7) is 7.12. The molecule has 2 amide bonds. The van der Waals surface area contributed by atoms with Crippen molar-refractivity contribution in [2.24, 2.45) is 0 Å². The number of ether oxygens (including phenoxy) is 1. The molecule has 0 bridgehead atoms. The lowest BCUT2D eigenvalue weighted by molar-refractivity contribution is 0.0499. The number of pyridine rings is 1. The number of carbonyl (C=O) groups excluding carboxylic acids is 2. The highest BCUT2D eigenvalue weighted by molar-refractivity contribution is 6.09. The molecule has 1 saturated heterocycles. The van der Waals surface area contributed by atoms with Gasteiger partial charge in [-0.05, 0) is 51.8 Å². The zero-order chi connectivity index (χ0) is 22.0. The number of fused-ring (bicyclic) bond motifs is 1. The molecule has 0 spiro atoms. The van der Waals surface area contributed by atoms with Crippen LogP contribution >= 0.6 is 0 Å². The Morgan fingerprint density at radius 3 is 2.90 bits per heavy atom. The normalized spacial score (nSPS) is 16.9. The number of carbonyl (C=O) groups is 2. The van der Waals surface area contributed by atoms with E-state index in [1.54, 1.807) is 24.5 Å². The number of hydrogen-bond acceptors (Lipinski definition) is 5. The Kier molecular flexibility index (Phi) is 5.58. The third kappa shape index (κ3) is 4.99. The van der Waals surface area contributed by atoms with E-state index in [-0.39, 0.29) is 11.9 Å². The van der Waals surface area contributed by atoms with Crippen molar-refractivity contribution in [1.29, 1.82) is 0 Å². The highest BCUT2D eigenvalue weighted by Gasteiger charge is 2.25. The molecular formula is C22H28N6O3. The van der Waals surface area contributed by atoms with Crippen molar-refractivity contribution in [2.45, 2.75) is 45.3 Å². The number of nitrogens with one attached hydrogen (secondary N) is 4. The topological polar surface area (TPSA) is 115 Å². The Bertz CT molecular complexity index is 1070. The summed E-state index contributed by atoms with van der Waals surface area (Å²) in [5.74, 6) is 0.728. The van der Waals surface area contributed by atoms with E-state index >= 15 is 0 Å². The van der Waals surface area contributed by atoms with Crippen LogP contribution in [-0.4, -0.2) is 51.7 Å². The summed E-state index contributed by atoms with van der Waals surface area (Å²) in [6, 6.07) is 5.48. The van der Waals surface area contributed by atoms with Gasteiger partial charge in [-0.1, -0.05) is 0 Å². The lowest BCUT2D eigenvalue weighted by Gasteiger charge is -2.34. The Balaban J connectivity index is 1.44. The summed E-state index contributed by atoms with van der Waals surface area (Å²) in [6.07, 6.45) is 6.40. The smallest absolute Gasteiger partial charge is 0.407 e. The maximum absolute atomic E-state index is 12.5. The number of aromatic nitrogens is 3. The van der Waals surface area contributed by atoms with Crippen molar-refractivity contribution in [3.8, 4) is 0 Å². The summed E-state index contributed by atoms with van der Waals surface area (Å²) in [5, 5.41) is 6.80. The number of rotatable bonds is 4. The van der Waals surface area contributed by atoms with Crippen molar-refractivity contribution >= 4 is 34.5 Å². The lowest BCUT2D eigenvalue weighted by atomic mass is 10.1. The van der Waals surface area contributed by atoms with Gasteiger partial charge in [0.25, 0.3) is 5.91 Å². The molecule has 0 saturated carbocycles. The Hall–Kier alpha value is -3.49. The van der Waals surface area contributed by atoms with Crippen LogP contribution in [0.1, 0.15) is 44.0 Å². The van der Waals surface area contributed by atoms with Crippen LogP contribution in [0.15, 0.2) is 36.8 Å². The Morgan fingerprint density at radius 2 is 2.16 bits per heavy atom. The van der Waals surface area contributed by atoms with Crippen molar-refractivity contribution in [1.82, 2.24) is 20.3 Å². The van der Waals surface area contributed by atoms with E-state index in [2.05, 4.69) is 30.5 Å². The first-order chi connectivity index (χ1) is 14.8. The van der Waals surface area contributed by atoms with Crippen LogP contribution in [0.5, 0.6) is 0 Å². The Morgan fingerprint density at radius 1 is 1.32 bits per heavy atom. The van der Waals surface area contributed by atoms with Crippen LogP contribution in [0.4, 0.5) is 16.3 Å². The lowest BCUT2D eigenvalue weighted by Crippen LogP contribution is -2.49. The van der Waals surface area contributed by atoms with Gasteiger partial charge in [-0.2, -0.15) is 0 Å². The zero-order valence-corrected chi connectivity index (χ0v) is 18.0. The number of anilines is 2. The molecule has 0 aromatic carbocycles. The van der Waals surface area contributed by atoms with Crippen LogP contribution in [0, 0.1) is 0 Å². The van der Waals surface area contributed by atoms with E-state index in [1.165, 1.54) is 6.20 Å². The molecule has 164 valence electrons. The number of H-pyrrole nitrogens is 2. The SMILES string of the molecule is CC(C)(C)OC(=O)N[C@@H]1CCCN(c2cc3c(NC(=O)c4cccnc4)c[nH]c3[nH]2)C1. The molecular weight excluding hydrogens is 396 g/mol. The minimum Gasteiger partial charge on any atom is -0.444 e. The first-order valence-corrected chi connectivity index (χ1v) is 10.4. The first-order valence-electron chi connectivity index (χ1n) is 10.4. The van der Waals surface area contributed by atoms with Gasteiger partial charge in [-0.15, -0.1) is 0 Å². The van der Waals surface area contributed by atoms with Crippen LogP contribution < -0.4 is 15.5 Å². The van der Waals surface area contributed by atoms with Gasteiger partial charge in [0.05, 0.1) is 11.3 Å². The van der Waals surface area contributed by atoms with E-state index in [0.29, 0.717) is 17.8 Å². The predicted molar refractivity (Wildman–Crippen MR) is 119 cm³/mol. The highest BCUT2D eigenvalue weighted by atomic mass is 16.6. The molecule has 9 nitrogen and oxygen atoms in total. The molecule has 3 aromatic heterocycles. The maximum atomic E-state index is 12.5. The minimum atomic E-state index is -0.520. The summed E-state index contributed by atoms with van der Waals surface area (Å²) in [5.41, 5.74) is 1.51. The minimum absolute atomic E-state index is 0.00926. The van der Waals surface area contributed by atoms with Crippen LogP contribution in [0.2, 0.25) is 0 Å². The number of aromatic amines is 2. The average Bonchev–Trinajstić information content (AvgIpc) is 3.29. The first kappa shape index (κ1) is 20.8. The quantitative estimate of drug-likeness (QED) is 0.510. The van der Waals surface area contributed by atoms with Crippen molar-refractivity contribution in [2.75, 3.05) is 23.3 Å². The maximum Gasteiger partial charge on any atom is 0.407 e. The second kappa shape index (κ2) is 8.33. The molecule has 3 aromatic rings. The van der Waals surface area contributed by atoms with Gasteiger partial charge in [0.1, 0.15) is 17.1 Å². The van der Waals surface area contributed by atoms with Crippen LogP contribution in [0.3, 0.4) is 0 Å². The average molecular weight is 425 g/mol. The molecule has 0 radical (unpaired) electrons. The molecule has 1 aliphatic heterocycles. The molecule has 4 rings (SSSR count). The molecule has 0 unspecified atom stereocenters. The molecule has 1 fully saturated rings. The third-order valence-electron chi connectivity index (χ3n) is 5.11. The van der Waals surface area contributed by atoms with Gasteiger partial charge in [0.15, 0.2) is 0 Å². The second-order valence-corrected chi connectivity index (χ2v) is 8.77. The summed E-state index contributed by atoms with van der Waals surface area (Å²) >= 11 is 0. The summed E-state index contributed by atoms with van der Waals surface area (Å²) in [4.78, 5) is 37.3. The van der Waals surface area contributed by atoms with Crippen molar-refractivity contribution in [3.05, 3.63) is 42.4 Å². The van der Waals surface area contributed by atoms with Gasteiger partial charge >= 0.3 is 6.09 Å². The fraction of sp³-hybridized carbons (Fsp3) is 0.409. The molecule has 4 N–H and O–H groups in total. The van der Waals surface area contributed by atoms with E-state index in [9.17, 15) is 9.59 Å². The van der Waals surface area contributed by atoms with Gasteiger partial charge in [0.2, 0.25) is 0 Å². The number of alkyl carbamates (subject to hydrolysis) is 1. The summed E-state index contributed by atoms with van der Waals surface area (Å²) < 4.78 is 5.38. The Labute approximate surface area is 180 Å². The molecule has 1 aliphatic rings. The summed E-state index contributed by atoms with van der Waals surface area (Å²) in [7, 11) is 0. The number of nitrogens with zero attached hydrogens (tertiary/aromatic N) is 2. The van der Waals surface area contributed by atoms with E-state index in [1.807, 2.05) is 26.8 Å². The highest BCUT2D eigenvalue weighted by Crippen LogP contribution is 2.29. The molecule has 9 heteroatoms. The monoisotopic (exact) mass is 424 g/mol. The van der Waals surface area contributed by atoms with Crippen LogP contribution in [-0.2, 0) is 4.74 Å². The standard InChI is InChI=1S/C22H28N6O3/c1-22(2,3)31-21(30)25-15-7-5-9-28(13-15)18-10-16-17(12-24-19(16)27-18)26-20(29)14-6-4-8-23-11-14/h4,6,8,10-12,15,24,27H,5,7,9,13H2,1-3H3,(H,25,30)(H,26,29)/t15-/m1/s1. The molecule has 31 heavy (non-hydrogen) atoms. The number of piperidine rings is 1. The third-order valence-corrected chi connectivity index (χ3v) is 5.11. The van der Waals surface area contributed by atoms with Crippen molar-refractivity contribution < 1.29 is 14.3 Å². The van der Waals surface area contributed by atoms with E-state index < -0.39 is 11.7 Å². The fourth-order valence-electron chi connectivity index (χ4n) is 3.74. The number of amides is 2. The second-order valence-electron chi connectivity index (χ2n) is 8.77. The fourth-order valence-corrected chi connectivity index (χ4v) is 3.74. The predicted octanol–water partition coefficient (Wildman–Crippen LogP) is 3.64. The van der Waals surface area contributed by atoms with Gasteiger partial charge < -0.3 is 30.2 Å². The molecule has 4 heterocycles. The molecule has 1 atom stereocenters. The van der Waals surface area contributed by atoms with E-state index in [4.69, 9.17) is 4.74 Å². The van der Waals surface area contributed by atoms with Gasteiger partial charge in [-0.3, -0.25) is 9.78 Å². The zero-order valence-electron chi connectivity index (χ0n) is 18.0. The largest absolute Gasteiger partial charge is 0.444 e. The van der Waals surface area contributed by atoms with Gasteiger partial charge in [-0.25, -0.2) is 4.79 Å². The van der Waals surface area contributed by atoms with Gasteiger partial charge in [0, 0.05) is 43.1 Å². The molecule has 0 aliphatic carbocycles.